The minimum absolute atomic E-state index is 0.0824. The topological polar surface area (TPSA) is 34.9 Å². The number of allylic oxidation sites excluding steroid dienone is 1. The van der Waals surface area contributed by atoms with Crippen LogP contribution in [-0.2, 0) is 12.7 Å². The van der Waals surface area contributed by atoms with Crippen molar-refractivity contribution < 1.29 is 13.2 Å². The number of hydrogen-bond acceptors (Lipinski definition) is 3. The fourth-order valence-electron chi connectivity index (χ4n) is 3.86. The quantitative estimate of drug-likeness (QED) is 0.390. The molecule has 0 spiro atoms. The van der Waals surface area contributed by atoms with Crippen LogP contribution in [0.15, 0.2) is 64.8 Å². The van der Waals surface area contributed by atoms with Gasteiger partial charge in [0, 0.05) is 17.5 Å². The van der Waals surface area contributed by atoms with E-state index in [2.05, 4.69) is 4.98 Å². The van der Waals surface area contributed by atoms with Gasteiger partial charge in [-0.3, -0.25) is 9.36 Å². The Hall–Kier alpha value is -3.19. The summed E-state index contributed by atoms with van der Waals surface area (Å²) in [6, 6.07) is 15.1. The molecule has 0 unspecified atom stereocenters. The Kier molecular flexibility index (Phi) is 4.36. The van der Waals surface area contributed by atoms with E-state index in [0.717, 1.165) is 17.2 Å². The van der Waals surface area contributed by atoms with E-state index in [-0.39, 0.29) is 11.1 Å². The molecule has 0 radical (unpaired) electrons. The van der Waals surface area contributed by atoms with Crippen LogP contribution in [0.5, 0.6) is 0 Å². The molecule has 4 aromatic rings. The third-order valence-electron chi connectivity index (χ3n) is 5.27. The van der Waals surface area contributed by atoms with Crippen LogP contribution in [0.3, 0.4) is 0 Å². The molecule has 0 N–H and O–H groups in total. The van der Waals surface area contributed by atoms with Crippen molar-refractivity contribution in [3.8, 4) is 11.1 Å². The van der Waals surface area contributed by atoms with Crippen LogP contribution in [0.4, 0.5) is 13.2 Å². The van der Waals surface area contributed by atoms with Gasteiger partial charge in [0.15, 0.2) is 0 Å². The summed E-state index contributed by atoms with van der Waals surface area (Å²) in [5.41, 5.74) is 1.66. The van der Waals surface area contributed by atoms with Crippen LogP contribution in [0.1, 0.15) is 23.4 Å². The first-order valence-electron chi connectivity index (χ1n) is 9.38. The van der Waals surface area contributed by atoms with E-state index < -0.39 is 11.7 Å². The van der Waals surface area contributed by atoms with E-state index in [1.165, 1.54) is 29.5 Å². The van der Waals surface area contributed by atoms with Gasteiger partial charge in [-0.1, -0.05) is 48.5 Å². The van der Waals surface area contributed by atoms with Crippen molar-refractivity contribution in [2.24, 2.45) is 0 Å². The number of aromatic nitrogens is 2. The molecule has 7 heteroatoms. The fraction of sp³-hybridized carbons (Fsp3) is 0.130. The summed E-state index contributed by atoms with van der Waals surface area (Å²) in [5.74, 6) is 0.450. The van der Waals surface area contributed by atoms with E-state index in [1.54, 1.807) is 10.6 Å². The molecular formula is C23H15F3N2OS. The zero-order valence-corrected chi connectivity index (χ0v) is 16.4. The summed E-state index contributed by atoms with van der Waals surface area (Å²) < 4.78 is 41.6. The van der Waals surface area contributed by atoms with Gasteiger partial charge in [-0.25, -0.2) is 4.98 Å². The molecule has 1 aliphatic rings. The van der Waals surface area contributed by atoms with Gasteiger partial charge < -0.3 is 0 Å². The highest BCUT2D eigenvalue weighted by molar-refractivity contribution is 7.17. The number of halogens is 3. The van der Waals surface area contributed by atoms with Gasteiger partial charge in [0.25, 0.3) is 5.56 Å². The molecular weight excluding hydrogens is 409 g/mol. The predicted octanol–water partition coefficient (Wildman–Crippen LogP) is 6.09. The lowest BCUT2D eigenvalue weighted by molar-refractivity contribution is -0.137. The standard InChI is InChI=1S/C23H15F3N2OS/c24-23(25,26)18-9-5-4-8-15(18)12-16-10-11-28-20(16)27-21-19(22(28)29)17(13-30-21)14-6-2-1-3-7-14/h1-9,12-13H,10-11H2/b16-12+. The average Bonchev–Trinajstić information content (AvgIpc) is 3.34. The Morgan fingerprint density at radius 3 is 2.53 bits per heavy atom. The number of fused-ring (bicyclic) bond motifs is 2. The molecule has 0 saturated carbocycles. The maximum absolute atomic E-state index is 13.4. The van der Waals surface area contributed by atoms with Crippen molar-refractivity contribution in [3.63, 3.8) is 0 Å². The first-order valence-corrected chi connectivity index (χ1v) is 10.3. The molecule has 2 aromatic carbocycles. The van der Waals surface area contributed by atoms with E-state index in [4.69, 9.17) is 0 Å². The molecule has 0 saturated heterocycles. The molecule has 3 nitrogen and oxygen atoms in total. The molecule has 0 aliphatic carbocycles. The molecule has 2 aromatic heterocycles. The second-order valence-electron chi connectivity index (χ2n) is 7.09. The zero-order chi connectivity index (χ0) is 20.9. The summed E-state index contributed by atoms with van der Waals surface area (Å²) in [6.45, 7) is 0.404. The molecule has 150 valence electrons. The molecule has 1 aliphatic heterocycles. The number of rotatable bonds is 2. The van der Waals surface area contributed by atoms with E-state index in [1.807, 2.05) is 35.7 Å². The van der Waals surface area contributed by atoms with Crippen LogP contribution in [-0.4, -0.2) is 9.55 Å². The zero-order valence-electron chi connectivity index (χ0n) is 15.6. The molecule has 30 heavy (non-hydrogen) atoms. The molecule has 0 amide bonds. The van der Waals surface area contributed by atoms with Crippen molar-refractivity contribution in [1.82, 2.24) is 9.55 Å². The Morgan fingerprint density at radius 2 is 1.77 bits per heavy atom. The summed E-state index contributed by atoms with van der Waals surface area (Å²) in [7, 11) is 0. The van der Waals surface area contributed by atoms with Gasteiger partial charge in [-0.15, -0.1) is 11.3 Å². The Bertz CT molecular complexity index is 1350. The van der Waals surface area contributed by atoms with Crippen LogP contribution in [0.25, 0.3) is 33.0 Å². The fourth-order valence-corrected chi connectivity index (χ4v) is 4.79. The lowest BCUT2D eigenvalue weighted by Crippen LogP contribution is -2.20. The summed E-state index contributed by atoms with van der Waals surface area (Å²) in [6.07, 6.45) is -2.47. The van der Waals surface area contributed by atoms with Gasteiger partial charge in [0.1, 0.15) is 10.7 Å². The number of alkyl halides is 3. The Labute approximate surface area is 173 Å². The molecule has 0 fully saturated rings. The SMILES string of the molecule is O=c1c2c(-c3ccccc3)csc2nc2n1CC/C2=C\c1ccccc1C(F)(F)F. The number of benzene rings is 2. The van der Waals surface area contributed by atoms with Gasteiger partial charge in [-0.2, -0.15) is 13.2 Å². The van der Waals surface area contributed by atoms with Gasteiger partial charge in [0.2, 0.25) is 0 Å². The second-order valence-corrected chi connectivity index (χ2v) is 7.95. The van der Waals surface area contributed by atoms with Crippen molar-refractivity contribution in [2.45, 2.75) is 19.1 Å². The monoisotopic (exact) mass is 424 g/mol. The Morgan fingerprint density at radius 1 is 1.03 bits per heavy atom. The Balaban J connectivity index is 1.66. The predicted molar refractivity (Wildman–Crippen MR) is 113 cm³/mol. The smallest absolute Gasteiger partial charge is 0.292 e. The van der Waals surface area contributed by atoms with Crippen LogP contribution >= 0.6 is 11.3 Å². The molecule has 0 bridgehead atoms. The largest absolute Gasteiger partial charge is 0.416 e. The third-order valence-corrected chi connectivity index (χ3v) is 6.14. The van der Waals surface area contributed by atoms with Crippen LogP contribution < -0.4 is 5.56 Å². The van der Waals surface area contributed by atoms with Crippen molar-refractivity contribution in [1.29, 1.82) is 0 Å². The average molecular weight is 424 g/mol. The maximum atomic E-state index is 13.4. The highest BCUT2D eigenvalue weighted by atomic mass is 32.1. The third kappa shape index (κ3) is 3.06. The minimum atomic E-state index is -4.44. The highest BCUT2D eigenvalue weighted by Crippen LogP contribution is 2.37. The maximum Gasteiger partial charge on any atom is 0.416 e. The van der Waals surface area contributed by atoms with Gasteiger partial charge >= 0.3 is 6.18 Å². The first-order chi connectivity index (χ1) is 14.4. The van der Waals surface area contributed by atoms with Crippen LogP contribution in [0, 0.1) is 0 Å². The van der Waals surface area contributed by atoms with Crippen molar-refractivity contribution in [3.05, 3.63) is 87.3 Å². The van der Waals surface area contributed by atoms with E-state index >= 15 is 0 Å². The van der Waals surface area contributed by atoms with E-state index in [9.17, 15) is 18.0 Å². The number of nitrogens with zero attached hydrogens (tertiary/aromatic N) is 2. The summed E-state index contributed by atoms with van der Waals surface area (Å²) >= 11 is 1.37. The molecule has 0 atom stereocenters. The molecule has 5 rings (SSSR count). The number of hydrogen-bond donors (Lipinski definition) is 0. The van der Waals surface area contributed by atoms with Crippen LogP contribution in [0.2, 0.25) is 0 Å². The van der Waals surface area contributed by atoms with Crippen molar-refractivity contribution >= 4 is 33.2 Å². The number of thiophene rings is 1. The summed E-state index contributed by atoms with van der Waals surface area (Å²) in [5, 5.41) is 2.47. The lowest BCUT2D eigenvalue weighted by atomic mass is 10.0. The van der Waals surface area contributed by atoms with Crippen molar-refractivity contribution in [2.75, 3.05) is 0 Å². The molecule has 3 heterocycles. The van der Waals surface area contributed by atoms with E-state index in [0.29, 0.717) is 34.6 Å². The van der Waals surface area contributed by atoms with Gasteiger partial charge in [0.05, 0.1) is 10.9 Å². The minimum Gasteiger partial charge on any atom is -0.292 e. The normalized spacial score (nSPS) is 15.1. The lowest BCUT2D eigenvalue weighted by Gasteiger charge is -2.10. The second kappa shape index (κ2) is 6.95. The highest BCUT2D eigenvalue weighted by Gasteiger charge is 2.33. The van der Waals surface area contributed by atoms with Gasteiger partial charge in [-0.05, 0) is 35.3 Å². The summed E-state index contributed by atoms with van der Waals surface area (Å²) in [4.78, 5) is 18.5. The first kappa shape index (κ1) is 18.8.